The number of hydrogen-bond donors (Lipinski definition) is 2. The molecule has 1 amide bonds. The number of carbonyl (C=O) groups excluding carboxylic acids is 1. The summed E-state index contributed by atoms with van der Waals surface area (Å²) >= 11 is 0. The number of aliphatic hydroxyl groups is 1. The maximum Gasteiger partial charge on any atom is 0.224 e. The van der Waals surface area contributed by atoms with Gasteiger partial charge < -0.3 is 20.1 Å². The summed E-state index contributed by atoms with van der Waals surface area (Å²) in [6.07, 6.45) is 1.77. The standard InChI is InChI=1S/C23H30N2O3/c1-18-5-3-6-19(15-18)16-22(26)24-11-14-25-12-9-23(27,10-13-25)20-7-4-8-21(17-20)28-2/h3-8,15,17,27H,9-14,16H2,1-2H3,(H,24,26). The third-order valence-corrected chi connectivity index (χ3v) is 5.49. The Kier molecular flexibility index (Phi) is 6.70. The number of benzene rings is 2. The van der Waals surface area contributed by atoms with Crippen molar-refractivity contribution in [1.82, 2.24) is 10.2 Å². The Morgan fingerprint density at radius 3 is 2.64 bits per heavy atom. The number of rotatable bonds is 7. The fourth-order valence-electron chi connectivity index (χ4n) is 3.77. The highest BCUT2D eigenvalue weighted by atomic mass is 16.5. The van der Waals surface area contributed by atoms with Gasteiger partial charge in [-0.25, -0.2) is 0 Å². The van der Waals surface area contributed by atoms with Crippen molar-refractivity contribution in [2.75, 3.05) is 33.3 Å². The van der Waals surface area contributed by atoms with Crippen LogP contribution in [0.15, 0.2) is 48.5 Å². The van der Waals surface area contributed by atoms with Crippen LogP contribution < -0.4 is 10.1 Å². The Hall–Kier alpha value is -2.37. The van der Waals surface area contributed by atoms with Crippen LogP contribution in [0.1, 0.15) is 29.5 Å². The van der Waals surface area contributed by atoms with E-state index in [4.69, 9.17) is 4.74 Å². The summed E-state index contributed by atoms with van der Waals surface area (Å²) in [5, 5.41) is 14.0. The highest BCUT2D eigenvalue weighted by molar-refractivity contribution is 5.78. The number of nitrogens with zero attached hydrogens (tertiary/aromatic N) is 1. The van der Waals surface area contributed by atoms with E-state index in [1.165, 1.54) is 5.56 Å². The minimum absolute atomic E-state index is 0.0514. The van der Waals surface area contributed by atoms with Gasteiger partial charge in [-0.05, 0) is 43.0 Å². The molecule has 28 heavy (non-hydrogen) atoms. The van der Waals surface area contributed by atoms with E-state index in [9.17, 15) is 9.90 Å². The number of ether oxygens (including phenoxy) is 1. The molecule has 1 saturated heterocycles. The molecule has 2 aromatic rings. The van der Waals surface area contributed by atoms with Gasteiger partial charge in [0.05, 0.1) is 19.1 Å². The molecule has 1 heterocycles. The quantitative estimate of drug-likeness (QED) is 0.773. The lowest BCUT2D eigenvalue weighted by atomic mass is 9.84. The maximum atomic E-state index is 12.1. The summed E-state index contributed by atoms with van der Waals surface area (Å²) in [6, 6.07) is 15.7. The highest BCUT2D eigenvalue weighted by Gasteiger charge is 2.34. The SMILES string of the molecule is COc1cccc(C2(O)CCN(CCNC(=O)Cc3cccc(C)c3)CC2)c1. The second-order valence-corrected chi connectivity index (χ2v) is 7.62. The van der Waals surface area contributed by atoms with Gasteiger partial charge in [0, 0.05) is 26.2 Å². The lowest BCUT2D eigenvalue weighted by molar-refractivity contribution is -0.120. The van der Waals surface area contributed by atoms with Crippen molar-refractivity contribution >= 4 is 5.91 Å². The van der Waals surface area contributed by atoms with Crippen molar-refractivity contribution in [2.45, 2.75) is 31.8 Å². The second-order valence-electron chi connectivity index (χ2n) is 7.62. The summed E-state index contributed by atoms with van der Waals surface area (Å²) in [6.45, 7) is 5.07. The average Bonchev–Trinajstić information content (AvgIpc) is 2.70. The van der Waals surface area contributed by atoms with Crippen molar-refractivity contribution in [1.29, 1.82) is 0 Å². The van der Waals surface area contributed by atoms with E-state index in [2.05, 4.69) is 10.2 Å². The third kappa shape index (κ3) is 5.33. The number of amides is 1. The van der Waals surface area contributed by atoms with Crippen LogP contribution in [0.2, 0.25) is 0 Å². The first-order chi connectivity index (χ1) is 13.5. The Bertz CT molecular complexity index is 798. The number of methoxy groups -OCH3 is 1. The molecule has 0 spiro atoms. The Labute approximate surface area is 167 Å². The van der Waals surface area contributed by atoms with E-state index in [1.54, 1.807) is 7.11 Å². The summed E-state index contributed by atoms with van der Waals surface area (Å²) in [4.78, 5) is 14.4. The van der Waals surface area contributed by atoms with Crippen LogP contribution in [-0.2, 0) is 16.8 Å². The van der Waals surface area contributed by atoms with E-state index in [0.29, 0.717) is 25.8 Å². The van der Waals surface area contributed by atoms with E-state index in [0.717, 1.165) is 36.5 Å². The monoisotopic (exact) mass is 382 g/mol. The minimum Gasteiger partial charge on any atom is -0.497 e. The summed E-state index contributed by atoms with van der Waals surface area (Å²) in [7, 11) is 1.64. The molecule has 0 bridgehead atoms. The number of carbonyl (C=O) groups is 1. The minimum atomic E-state index is -0.806. The van der Waals surface area contributed by atoms with Crippen molar-refractivity contribution in [3.8, 4) is 5.75 Å². The van der Waals surface area contributed by atoms with Gasteiger partial charge in [0.25, 0.3) is 0 Å². The topological polar surface area (TPSA) is 61.8 Å². The zero-order valence-electron chi connectivity index (χ0n) is 16.8. The zero-order chi connectivity index (χ0) is 20.0. The molecule has 0 saturated carbocycles. The van der Waals surface area contributed by atoms with E-state index in [-0.39, 0.29) is 5.91 Å². The Morgan fingerprint density at radius 2 is 1.93 bits per heavy atom. The van der Waals surface area contributed by atoms with Crippen molar-refractivity contribution < 1.29 is 14.6 Å². The van der Waals surface area contributed by atoms with Crippen LogP contribution in [0.25, 0.3) is 0 Å². The summed E-state index contributed by atoms with van der Waals surface area (Å²) in [5.41, 5.74) is 2.32. The Morgan fingerprint density at radius 1 is 1.18 bits per heavy atom. The van der Waals surface area contributed by atoms with Gasteiger partial charge in [-0.2, -0.15) is 0 Å². The fraction of sp³-hybridized carbons (Fsp3) is 0.435. The van der Waals surface area contributed by atoms with Crippen LogP contribution in [0, 0.1) is 6.92 Å². The van der Waals surface area contributed by atoms with Gasteiger partial charge in [0.15, 0.2) is 0 Å². The molecule has 0 radical (unpaired) electrons. The number of aryl methyl sites for hydroxylation is 1. The highest BCUT2D eigenvalue weighted by Crippen LogP contribution is 2.34. The number of likely N-dealkylation sites (tertiary alicyclic amines) is 1. The van der Waals surface area contributed by atoms with E-state index >= 15 is 0 Å². The molecule has 0 unspecified atom stereocenters. The molecule has 0 atom stereocenters. The van der Waals surface area contributed by atoms with E-state index in [1.807, 2.05) is 55.5 Å². The average molecular weight is 383 g/mol. The smallest absolute Gasteiger partial charge is 0.224 e. The first kappa shape index (κ1) is 20.4. The first-order valence-corrected chi connectivity index (χ1v) is 9.90. The van der Waals surface area contributed by atoms with Gasteiger partial charge >= 0.3 is 0 Å². The molecule has 2 aromatic carbocycles. The summed E-state index contributed by atoms with van der Waals surface area (Å²) < 4.78 is 5.27. The molecule has 150 valence electrons. The van der Waals surface area contributed by atoms with Gasteiger partial charge in [-0.1, -0.05) is 42.0 Å². The van der Waals surface area contributed by atoms with Crippen molar-refractivity contribution in [3.05, 3.63) is 65.2 Å². The molecule has 1 aliphatic rings. The van der Waals surface area contributed by atoms with Gasteiger partial charge in [0.2, 0.25) is 5.91 Å². The van der Waals surface area contributed by atoms with Gasteiger partial charge in [-0.15, -0.1) is 0 Å². The lowest BCUT2D eigenvalue weighted by Gasteiger charge is -2.38. The maximum absolute atomic E-state index is 12.1. The van der Waals surface area contributed by atoms with Crippen molar-refractivity contribution in [3.63, 3.8) is 0 Å². The molecule has 0 aromatic heterocycles. The third-order valence-electron chi connectivity index (χ3n) is 5.49. The molecule has 2 N–H and O–H groups in total. The predicted octanol–water partition coefficient (Wildman–Crippen LogP) is 2.65. The normalized spacial score (nSPS) is 16.5. The van der Waals surface area contributed by atoms with Crippen LogP contribution in [0.5, 0.6) is 5.75 Å². The fourth-order valence-corrected chi connectivity index (χ4v) is 3.77. The largest absolute Gasteiger partial charge is 0.497 e. The molecule has 0 aliphatic carbocycles. The van der Waals surface area contributed by atoms with Crippen LogP contribution in [0.3, 0.4) is 0 Å². The number of nitrogens with one attached hydrogen (secondary N) is 1. The zero-order valence-corrected chi connectivity index (χ0v) is 16.8. The van der Waals surface area contributed by atoms with Gasteiger partial charge in [0.1, 0.15) is 5.75 Å². The van der Waals surface area contributed by atoms with Crippen LogP contribution in [-0.4, -0.2) is 49.2 Å². The van der Waals surface area contributed by atoms with Crippen LogP contribution in [0.4, 0.5) is 0 Å². The number of piperidine rings is 1. The first-order valence-electron chi connectivity index (χ1n) is 9.90. The second kappa shape index (κ2) is 9.22. The van der Waals surface area contributed by atoms with Gasteiger partial charge in [-0.3, -0.25) is 4.79 Å². The molecule has 1 aliphatic heterocycles. The van der Waals surface area contributed by atoms with Crippen molar-refractivity contribution in [2.24, 2.45) is 0 Å². The molecule has 5 nitrogen and oxygen atoms in total. The Balaban J connectivity index is 1.42. The number of hydrogen-bond acceptors (Lipinski definition) is 4. The molecule has 3 rings (SSSR count). The lowest BCUT2D eigenvalue weighted by Crippen LogP contribution is -2.45. The summed E-state index contributed by atoms with van der Waals surface area (Å²) in [5.74, 6) is 0.820. The molecule has 1 fully saturated rings. The predicted molar refractivity (Wildman–Crippen MR) is 110 cm³/mol. The van der Waals surface area contributed by atoms with Crippen LogP contribution >= 0.6 is 0 Å². The molecular weight excluding hydrogens is 352 g/mol. The molecule has 5 heteroatoms. The molecular formula is C23H30N2O3. The van der Waals surface area contributed by atoms with E-state index < -0.39 is 5.60 Å².